The number of ether oxygens (including phenoxy) is 1. The first-order valence-corrected chi connectivity index (χ1v) is 8.40. The fraction of sp³-hybridized carbons (Fsp3) is 0.350. The van der Waals surface area contributed by atoms with Crippen molar-refractivity contribution in [2.24, 2.45) is 5.92 Å². The molecule has 3 rings (SSSR count). The van der Waals surface area contributed by atoms with Crippen molar-refractivity contribution in [3.05, 3.63) is 59.9 Å². The molecule has 1 fully saturated rings. The molecule has 0 radical (unpaired) electrons. The number of hydrogen-bond donors (Lipinski definition) is 2. The summed E-state index contributed by atoms with van der Waals surface area (Å²) in [5, 5.41) is 20.1. The van der Waals surface area contributed by atoms with Gasteiger partial charge in [0, 0.05) is 6.42 Å². The van der Waals surface area contributed by atoms with E-state index >= 15 is 0 Å². The molecule has 6 heteroatoms. The predicted octanol–water partition coefficient (Wildman–Crippen LogP) is 4.11. The van der Waals surface area contributed by atoms with Gasteiger partial charge >= 0.3 is 5.97 Å². The van der Waals surface area contributed by atoms with Crippen molar-refractivity contribution < 1.29 is 28.5 Å². The van der Waals surface area contributed by atoms with Gasteiger partial charge in [-0.3, -0.25) is 0 Å². The highest BCUT2D eigenvalue weighted by molar-refractivity contribution is 5.79. The minimum atomic E-state index is -2.82. The first-order chi connectivity index (χ1) is 12.2. The van der Waals surface area contributed by atoms with Crippen LogP contribution in [0.5, 0.6) is 11.5 Å². The molecule has 2 aromatic rings. The molecule has 0 spiro atoms. The van der Waals surface area contributed by atoms with E-state index < -0.39 is 29.0 Å². The second kappa shape index (κ2) is 6.68. The minimum Gasteiger partial charge on any atom is -0.479 e. The second-order valence-electron chi connectivity index (χ2n) is 6.86. The minimum absolute atomic E-state index is 0.0669. The lowest BCUT2D eigenvalue weighted by Crippen LogP contribution is -2.57. The molecule has 1 saturated carbocycles. The topological polar surface area (TPSA) is 66.8 Å². The third-order valence-corrected chi connectivity index (χ3v) is 4.91. The maximum atomic E-state index is 14.8. The molecule has 0 amide bonds. The standard InChI is InChI=1S/C20H20F2O4/c1-19(22,18(23)24)20(25,14-8-9-14)12-13-7-10-16(21)17(11-13)26-15-5-3-2-4-6-15/h2-7,10-11,14,25H,8-9,12H2,1H3,(H,23,24). The number of rotatable bonds is 7. The van der Waals surface area contributed by atoms with Crippen LogP contribution in [0.3, 0.4) is 0 Å². The lowest BCUT2D eigenvalue weighted by atomic mass is 9.77. The number of benzene rings is 2. The van der Waals surface area contributed by atoms with Crippen molar-refractivity contribution in [3.63, 3.8) is 0 Å². The van der Waals surface area contributed by atoms with Gasteiger partial charge in [-0.2, -0.15) is 0 Å². The maximum absolute atomic E-state index is 14.8. The molecule has 2 aromatic carbocycles. The average molecular weight is 362 g/mol. The van der Waals surface area contributed by atoms with Gasteiger partial charge in [0.15, 0.2) is 11.6 Å². The SMILES string of the molecule is CC(F)(C(=O)O)C(O)(Cc1ccc(F)c(Oc2ccccc2)c1)C1CC1. The summed E-state index contributed by atoms with van der Waals surface area (Å²) in [6, 6.07) is 12.5. The van der Waals surface area contributed by atoms with Gasteiger partial charge in [0.25, 0.3) is 0 Å². The molecular weight excluding hydrogens is 342 g/mol. The van der Waals surface area contributed by atoms with Crippen LogP contribution in [0.4, 0.5) is 8.78 Å². The summed E-state index contributed by atoms with van der Waals surface area (Å²) in [4.78, 5) is 11.3. The Kier molecular flexibility index (Phi) is 4.71. The van der Waals surface area contributed by atoms with Gasteiger partial charge in [-0.05, 0) is 55.5 Å². The fourth-order valence-corrected chi connectivity index (χ4v) is 3.10. The molecule has 1 aliphatic carbocycles. The summed E-state index contributed by atoms with van der Waals surface area (Å²) < 4.78 is 34.4. The average Bonchev–Trinajstić information content (AvgIpc) is 3.44. The van der Waals surface area contributed by atoms with Crippen LogP contribution in [0, 0.1) is 11.7 Å². The van der Waals surface area contributed by atoms with Gasteiger partial charge in [0.1, 0.15) is 11.4 Å². The summed E-state index contributed by atoms with van der Waals surface area (Å²) in [7, 11) is 0. The van der Waals surface area contributed by atoms with Crippen LogP contribution in [-0.4, -0.2) is 27.5 Å². The number of aliphatic hydroxyl groups is 1. The van der Waals surface area contributed by atoms with Crippen molar-refractivity contribution in [1.29, 1.82) is 0 Å². The summed E-state index contributed by atoms with van der Waals surface area (Å²) in [6.07, 6.45) is 0.859. The third kappa shape index (κ3) is 3.42. The Labute approximate surface area is 150 Å². The zero-order chi connectivity index (χ0) is 18.9. The Balaban J connectivity index is 1.89. The Bertz CT molecular complexity index is 803. The highest BCUT2D eigenvalue weighted by Gasteiger charge is 2.60. The summed E-state index contributed by atoms with van der Waals surface area (Å²) in [5.41, 5.74) is -4.49. The molecule has 2 atom stereocenters. The molecule has 26 heavy (non-hydrogen) atoms. The van der Waals surface area contributed by atoms with Gasteiger partial charge in [-0.15, -0.1) is 0 Å². The Morgan fingerprint density at radius 2 is 1.88 bits per heavy atom. The molecule has 2 N–H and O–H groups in total. The van der Waals surface area contributed by atoms with Crippen molar-refractivity contribution in [2.45, 2.75) is 37.5 Å². The van der Waals surface area contributed by atoms with Gasteiger partial charge in [-0.1, -0.05) is 24.3 Å². The van der Waals surface area contributed by atoms with Crippen molar-refractivity contribution in [1.82, 2.24) is 0 Å². The first-order valence-electron chi connectivity index (χ1n) is 8.40. The van der Waals surface area contributed by atoms with E-state index in [0.29, 0.717) is 24.2 Å². The van der Waals surface area contributed by atoms with Crippen molar-refractivity contribution in [2.75, 3.05) is 0 Å². The highest BCUT2D eigenvalue weighted by Crippen LogP contribution is 2.49. The number of halogens is 2. The van der Waals surface area contributed by atoms with Crippen LogP contribution < -0.4 is 4.74 Å². The third-order valence-electron chi connectivity index (χ3n) is 4.91. The van der Waals surface area contributed by atoms with Crippen LogP contribution in [0.1, 0.15) is 25.3 Å². The monoisotopic (exact) mass is 362 g/mol. The van der Waals surface area contributed by atoms with Crippen LogP contribution in [-0.2, 0) is 11.2 Å². The van der Waals surface area contributed by atoms with E-state index in [1.807, 2.05) is 0 Å². The highest BCUT2D eigenvalue weighted by atomic mass is 19.1. The van der Waals surface area contributed by atoms with Crippen LogP contribution in [0.25, 0.3) is 0 Å². The Hall–Kier alpha value is -2.47. The van der Waals surface area contributed by atoms with Gasteiger partial charge in [0.2, 0.25) is 5.67 Å². The number of hydrogen-bond acceptors (Lipinski definition) is 3. The molecule has 0 saturated heterocycles. The van der Waals surface area contributed by atoms with E-state index in [0.717, 1.165) is 13.0 Å². The first kappa shape index (κ1) is 18.3. The second-order valence-corrected chi connectivity index (χ2v) is 6.86. The largest absolute Gasteiger partial charge is 0.479 e. The number of para-hydroxylation sites is 1. The normalized spacial score (nSPS) is 18.6. The maximum Gasteiger partial charge on any atom is 0.344 e. The number of alkyl halides is 1. The van der Waals surface area contributed by atoms with Gasteiger partial charge in [-0.25, -0.2) is 13.6 Å². The van der Waals surface area contributed by atoms with E-state index in [9.17, 15) is 23.8 Å². The molecule has 1 aliphatic rings. The zero-order valence-corrected chi connectivity index (χ0v) is 14.3. The smallest absolute Gasteiger partial charge is 0.344 e. The Morgan fingerprint density at radius 1 is 1.23 bits per heavy atom. The van der Waals surface area contributed by atoms with Crippen LogP contribution in [0.2, 0.25) is 0 Å². The summed E-state index contributed by atoms with van der Waals surface area (Å²) in [5.74, 6) is -2.40. The Morgan fingerprint density at radius 3 is 2.46 bits per heavy atom. The number of carboxylic acids is 1. The van der Waals surface area contributed by atoms with E-state index in [2.05, 4.69) is 0 Å². The van der Waals surface area contributed by atoms with E-state index in [4.69, 9.17) is 4.74 Å². The molecule has 2 unspecified atom stereocenters. The fourth-order valence-electron chi connectivity index (χ4n) is 3.10. The lowest BCUT2D eigenvalue weighted by molar-refractivity contribution is -0.175. The number of carboxylic acid groups (broad SMARTS) is 1. The van der Waals surface area contributed by atoms with Crippen LogP contribution >= 0.6 is 0 Å². The zero-order valence-electron chi connectivity index (χ0n) is 14.3. The quantitative estimate of drug-likeness (QED) is 0.778. The van der Waals surface area contributed by atoms with Gasteiger partial charge in [0.05, 0.1) is 0 Å². The molecule has 138 valence electrons. The molecule has 4 nitrogen and oxygen atoms in total. The molecule has 0 aliphatic heterocycles. The van der Waals surface area contributed by atoms with E-state index in [1.165, 1.54) is 12.1 Å². The lowest BCUT2D eigenvalue weighted by Gasteiger charge is -2.37. The number of aliphatic carboxylic acids is 1. The van der Waals surface area contributed by atoms with Crippen molar-refractivity contribution in [3.8, 4) is 11.5 Å². The predicted molar refractivity (Wildman–Crippen MR) is 91.4 cm³/mol. The van der Waals surface area contributed by atoms with E-state index in [1.54, 1.807) is 30.3 Å². The molecule has 0 heterocycles. The van der Waals surface area contributed by atoms with Gasteiger partial charge < -0.3 is 14.9 Å². The number of carbonyl (C=O) groups is 1. The summed E-state index contributed by atoms with van der Waals surface area (Å²) >= 11 is 0. The molecular formula is C20H20F2O4. The summed E-state index contributed by atoms with van der Waals surface area (Å²) in [6.45, 7) is 0.874. The molecule has 0 bridgehead atoms. The van der Waals surface area contributed by atoms with Crippen molar-refractivity contribution >= 4 is 5.97 Å². The van der Waals surface area contributed by atoms with Crippen LogP contribution in [0.15, 0.2) is 48.5 Å². The van der Waals surface area contributed by atoms with E-state index in [-0.39, 0.29) is 12.2 Å². The molecule has 0 aromatic heterocycles.